The Morgan fingerprint density at radius 1 is 1.21 bits per heavy atom. The van der Waals surface area contributed by atoms with Gasteiger partial charge in [-0.15, -0.1) is 0 Å². The van der Waals surface area contributed by atoms with Gasteiger partial charge in [-0.2, -0.15) is 0 Å². The lowest BCUT2D eigenvalue weighted by Gasteiger charge is -2.46. The molecule has 0 aromatic carbocycles. The van der Waals surface area contributed by atoms with Crippen LogP contribution in [0.1, 0.15) is 55.3 Å². The third-order valence-electron chi connectivity index (χ3n) is 6.13. The van der Waals surface area contributed by atoms with Crippen molar-refractivity contribution in [3.63, 3.8) is 0 Å². The summed E-state index contributed by atoms with van der Waals surface area (Å²) in [6.07, 6.45) is 3.26. The molecule has 0 spiro atoms. The maximum Gasteiger partial charge on any atom is 0.303 e. The number of carbonyl (C=O) groups is 2. The quantitative estimate of drug-likeness (QED) is 0.771. The lowest BCUT2D eigenvalue weighted by Crippen LogP contribution is -2.57. The SMILES string of the molecule is CC(C)c1nccc(C(=O)N2CC[C@@H](N3CCN(C)CC3)[C@@H](CCC(=O)O)C2)n1. The van der Waals surface area contributed by atoms with Gasteiger partial charge in [-0.3, -0.25) is 14.5 Å². The second-order valence-electron chi connectivity index (χ2n) is 8.59. The van der Waals surface area contributed by atoms with Crippen molar-refractivity contribution in [2.75, 3.05) is 46.3 Å². The van der Waals surface area contributed by atoms with E-state index in [1.807, 2.05) is 18.7 Å². The molecule has 1 N–H and O–H groups in total. The Bertz CT molecular complexity index is 718. The summed E-state index contributed by atoms with van der Waals surface area (Å²) in [5.41, 5.74) is 0.429. The van der Waals surface area contributed by atoms with Crippen molar-refractivity contribution in [1.29, 1.82) is 0 Å². The number of carboxylic acids is 1. The molecule has 160 valence electrons. The van der Waals surface area contributed by atoms with Gasteiger partial charge >= 0.3 is 5.97 Å². The highest BCUT2D eigenvalue weighted by atomic mass is 16.4. The molecule has 0 radical (unpaired) electrons. The Kier molecular flexibility index (Phi) is 7.18. The van der Waals surface area contributed by atoms with Crippen molar-refractivity contribution in [3.8, 4) is 0 Å². The number of rotatable bonds is 6. The number of hydrogen-bond acceptors (Lipinski definition) is 6. The van der Waals surface area contributed by atoms with E-state index in [0.717, 1.165) is 32.6 Å². The van der Waals surface area contributed by atoms with Crippen molar-refractivity contribution < 1.29 is 14.7 Å². The minimum absolute atomic E-state index is 0.0774. The standard InChI is InChI=1S/C21H33N5O3/c1-15(2)20-22-8-6-17(23-20)21(29)26-9-7-18(16(14-26)4-5-19(27)28)25-12-10-24(3)11-13-25/h6,8,15-16,18H,4-5,7,9-14H2,1-3H3,(H,27,28)/t16-,18+/m0/s1. The lowest BCUT2D eigenvalue weighted by molar-refractivity contribution is -0.137. The molecular formula is C21H33N5O3. The average Bonchev–Trinajstić information content (AvgIpc) is 2.72. The van der Waals surface area contributed by atoms with Crippen LogP contribution in [0.25, 0.3) is 0 Å². The van der Waals surface area contributed by atoms with Gasteiger partial charge in [0.25, 0.3) is 5.91 Å². The zero-order valence-electron chi connectivity index (χ0n) is 17.8. The summed E-state index contributed by atoms with van der Waals surface area (Å²) in [6.45, 7) is 9.35. The zero-order valence-corrected chi connectivity index (χ0v) is 17.8. The maximum atomic E-state index is 13.1. The Hall–Kier alpha value is -2.06. The number of carbonyl (C=O) groups excluding carboxylic acids is 1. The highest BCUT2D eigenvalue weighted by molar-refractivity contribution is 5.92. The van der Waals surface area contributed by atoms with Crippen LogP contribution < -0.4 is 0 Å². The Balaban J connectivity index is 1.71. The van der Waals surface area contributed by atoms with Gasteiger partial charge < -0.3 is 14.9 Å². The van der Waals surface area contributed by atoms with Crippen LogP contribution in [0.3, 0.4) is 0 Å². The predicted molar refractivity (Wildman–Crippen MR) is 110 cm³/mol. The van der Waals surface area contributed by atoms with E-state index < -0.39 is 5.97 Å². The number of piperidine rings is 1. The van der Waals surface area contributed by atoms with Crippen LogP contribution in [0.4, 0.5) is 0 Å². The molecular weight excluding hydrogens is 370 g/mol. The fraction of sp³-hybridized carbons (Fsp3) is 0.714. The van der Waals surface area contributed by atoms with E-state index in [9.17, 15) is 14.7 Å². The minimum Gasteiger partial charge on any atom is -0.481 e. The summed E-state index contributed by atoms with van der Waals surface area (Å²) < 4.78 is 0. The molecule has 0 aliphatic carbocycles. The number of aliphatic carboxylic acids is 1. The molecule has 0 bridgehead atoms. The summed E-state index contributed by atoms with van der Waals surface area (Å²) in [7, 11) is 2.13. The highest BCUT2D eigenvalue weighted by Crippen LogP contribution is 2.28. The molecule has 2 aliphatic rings. The summed E-state index contributed by atoms with van der Waals surface area (Å²) in [6, 6.07) is 2.01. The second kappa shape index (κ2) is 9.63. The van der Waals surface area contributed by atoms with Crippen LogP contribution >= 0.6 is 0 Å². The summed E-state index contributed by atoms with van der Waals surface area (Å²) >= 11 is 0. The molecule has 3 heterocycles. The van der Waals surface area contributed by atoms with Gasteiger partial charge in [-0.1, -0.05) is 13.8 Å². The molecule has 29 heavy (non-hydrogen) atoms. The predicted octanol–water partition coefficient (Wildman–Crippen LogP) is 1.54. The van der Waals surface area contributed by atoms with Crippen molar-refractivity contribution >= 4 is 11.9 Å². The fourth-order valence-electron chi connectivity index (χ4n) is 4.36. The van der Waals surface area contributed by atoms with E-state index in [-0.39, 0.29) is 24.2 Å². The summed E-state index contributed by atoms with van der Waals surface area (Å²) in [5, 5.41) is 9.19. The monoisotopic (exact) mass is 403 g/mol. The first-order valence-corrected chi connectivity index (χ1v) is 10.6. The van der Waals surface area contributed by atoms with Crippen LogP contribution in [-0.2, 0) is 4.79 Å². The number of amides is 1. The third-order valence-corrected chi connectivity index (χ3v) is 6.13. The first kappa shape index (κ1) is 21.6. The van der Waals surface area contributed by atoms with E-state index in [1.165, 1.54) is 0 Å². The molecule has 0 saturated carbocycles. The zero-order chi connectivity index (χ0) is 21.0. The average molecular weight is 404 g/mol. The Labute approximate surface area is 172 Å². The number of piperazine rings is 1. The van der Waals surface area contributed by atoms with Crippen molar-refractivity contribution in [2.45, 2.75) is 45.1 Å². The van der Waals surface area contributed by atoms with E-state index in [4.69, 9.17) is 0 Å². The maximum absolute atomic E-state index is 13.1. The van der Waals surface area contributed by atoms with Gasteiger partial charge in [0.1, 0.15) is 11.5 Å². The second-order valence-corrected chi connectivity index (χ2v) is 8.59. The molecule has 2 atom stereocenters. The normalized spacial score (nSPS) is 24.1. The van der Waals surface area contributed by atoms with Crippen molar-refractivity contribution in [3.05, 3.63) is 23.8 Å². The van der Waals surface area contributed by atoms with Gasteiger partial charge in [0.2, 0.25) is 0 Å². The topological polar surface area (TPSA) is 89.9 Å². The Morgan fingerprint density at radius 3 is 2.59 bits per heavy atom. The highest BCUT2D eigenvalue weighted by Gasteiger charge is 2.36. The Morgan fingerprint density at radius 2 is 1.93 bits per heavy atom. The summed E-state index contributed by atoms with van der Waals surface area (Å²) in [4.78, 5) is 39.6. The third kappa shape index (κ3) is 5.51. The molecule has 1 aromatic rings. The number of likely N-dealkylation sites (tertiary alicyclic amines) is 1. The largest absolute Gasteiger partial charge is 0.481 e. The fourth-order valence-corrected chi connectivity index (χ4v) is 4.36. The van der Waals surface area contributed by atoms with Crippen LogP contribution in [0, 0.1) is 5.92 Å². The summed E-state index contributed by atoms with van der Waals surface area (Å²) in [5.74, 6) is 0.146. The van der Waals surface area contributed by atoms with Gasteiger partial charge in [0, 0.05) is 63.8 Å². The molecule has 2 aliphatic heterocycles. The number of hydrogen-bond donors (Lipinski definition) is 1. The van der Waals surface area contributed by atoms with Crippen LogP contribution in [0.5, 0.6) is 0 Å². The van der Waals surface area contributed by atoms with E-state index in [1.54, 1.807) is 12.3 Å². The van der Waals surface area contributed by atoms with E-state index in [2.05, 4.69) is 26.8 Å². The molecule has 2 fully saturated rings. The number of aromatic nitrogens is 2. The van der Waals surface area contributed by atoms with Gasteiger partial charge in [0.15, 0.2) is 0 Å². The number of carboxylic acid groups (broad SMARTS) is 1. The van der Waals surface area contributed by atoms with Crippen molar-refractivity contribution in [2.24, 2.45) is 5.92 Å². The molecule has 3 rings (SSSR count). The minimum atomic E-state index is -0.775. The van der Waals surface area contributed by atoms with Crippen molar-refractivity contribution in [1.82, 2.24) is 24.7 Å². The number of nitrogens with zero attached hydrogens (tertiary/aromatic N) is 5. The molecule has 8 heteroatoms. The van der Waals surface area contributed by atoms with Gasteiger partial charge in [-0.25, -0.2) is 9.97 Å². The van der Waals surface area contributed by atoms with Gasteiger partial charge in [0.05, 0.1) is 0 Å². The molecule has 8 nitrogen and oxygen atoms in total. The lowest BCUT2D eigenvalue weighted by atomic mass is 9.86. The van der Waals surface area contributed by atoms with Crippen LogP contribution in [-0.4, -0.2) is 94.0 Å². The van der Waals surface area contributed by atoms with E-state index in [0.29, 0.717) is 37.1 Å². The van der Waals surface area contributed by atoms with Crippen LogP contribution in [0.15, 0.2) is 12.3 Å². The van der Waals surface area contributed by atoms with Gasteiger partial charge in [-0.05, 0) is 31.9 Å². The van der Waals surface area contributed by atoms with Crippen LogP contribution in [0.2, 0.25) is 0 Å². The van der Waals surface area contributed by atoms with E-state index >= 15 is 0 Å². The smallest absolute Gasteiger partial charge is 0.303 e. The first-order chi connectivity index (χ1) is 13.8. The first-order valence-electron chi connectivity index (χ1n) is 10.6. The number of likely N-dealkylation sites (N-methyl/N-ethyl adjacent to an activating group) is 1. The molecule has 1 aromatic heterocycles. The molecule has 0 unspecified atom stereocenters. The molecule has 1 amide bonds. The molecule has 2 saturated heterocycles.